The molecule has 1 heterocycles. The van der Waals surface area contributed by atoms with Crippen molar-refractivity contribution < 1.29 is 0 Å². The van der Waals surface area contributed by atoms with Crippen LogP contribution in [0, 0.1) is 0 Å². The van der Waals surface area contributed by atoms with E-state index in [-0.39, 0.29) is 0 Å². The SMILES string of the molecule is CCC(C)N1CCN(CC=CCN)CC1. The van der Waals surface area contributed by atoms with Crippen LogP contribution in [0.3, 0.4) is 0 Å². The molecule has 0 aromatic carbocycles. The number of nitrogens with two attached hydrogens (primary N) is 1. The minimum Gasteiger partial charge on any atom is -0.327 e. The number of piperazine rings is 1. The molecule has 1 atom stereocenters. The second-order valence-corrected chi connectivity index (χ2v) is 4.30. The fourth-order valence-electron chi connectivity index (χ4n) is 1.96. The Morgan fingerprint density at radius 1 is 1.20 bits per heavy atom. The maximum absolute atomic E-state index is 5.41. The Morgan fingerprint density at radius 2 is 1.87 bits per heavy atom. The lowest BCUT2D eigenvalue weighted by atomic mass is 10.2. The van der Waals surface area contributed by atoms with Crippen LogP contribution in [0.1, 0.15) is 20.3 Å². The van der Waals surface area contributed by atoms with E-state index < -0.39 is 0 Å². The van der Waals surface area contributed by atoms with E-state index >= 15 is 0 Å². The average molecular weight is 211 g/mol. The fourth-order valence-corrected chi connectivity index (χ4v) is 1.96. The molecule has 0 bridgehead atoms. The molecule has 1 fully saturated rings. The first-order chi connectivity index (χ1) is 7.27. The number of rotatable bonds is 5. The third-order valence-corrected chi connectivity index (χ3v) is 3.29. The van der Waals surface area contributed by atoms with Gasteiger partial charge in [-0.2, -0.15) is 0 Å². The summed E-state index contributed by atoms with van der Waals surface area (Å²) < 4.78 is 0. The molecule has 0 amide bonds. The zero-order valence-corrected chi connectivity index (χ0v) is 10.2. The van der Waals surface area contributed by atoms with E-state index in [2.05, 4.69) is 29.7 Å². The van der Waals surface area contributed by atoms with Gasteiger partial charge in [0.25, 0.3) is 0 Å². The highest BCUT2D eigenvalue weighted by Gasteiger charge is 2.18. The number of hydrogen-bond donors (Lipinski definition) is 1. The van der Waals surface area contributed by atoms with Gasteiger partial charge in [-0.25, -0.2) is 0 Å². The third-order valence-electron chi connectivity index (χ3n) is 3.29. The van der Waals surface area contributed by atoms with Crippen LogP contribution in [0.5, 0.6) is 0 Å². The quantitative estimate of drug-likeness (QED) is 0.686. The molecule has 15 heavy (non-hydrogen) atoms. The first-order valence-corrected chi connectivity index (χ1v) is 6.09. The Balaban J connectivity index is 2.20. The molecule has 2 N–H and O–H groups in total. The Labute approximate surface area is 93.9 Å². The van der Waals surface area contributed by atoms with Crippen molar-refractivity contribution in [2.45, 2.75) is 26.3 Å². The van der Waals surface area contributed by atoms with Crippen LogP contribution in [0.25, 0.3) is 0 Å². The van der Waals surface area contributed by atoms with Gasteiger partial charge in [0.1, 0.15) is 0 Å². The van der Waals surface area contributed by atoms with Gasteiger partial charge in [-0.1, -0.05) is 19.1 Å². The van der Waals surface area contributed by atoms with E-state index in [9.17, 15) is 0 Å². The highest BCUT2D eigenvalue weighted by atomic mass is 15.3. The summed E-state index contributed by atoms with van der Waals surface area (Å²) in [5.41, 5.74) is 5.41. The molecule has 0 saturated carbocycles. The minimum absolute atomic E-state index is 0.660. The molecule has 1 aliphatic rings. The van der Waals surface area contributed by atoms with Crippen LogP contribution >= 0.6 is 0 Å². The predicted molar refractivity (Wildman–Crippen MR) is 66.0 cm³/mol. The summed E-state index contributed by atoms with van der Waals surface area (Å²) >= 11 is 0. The van der Waals surface area contributed by atoms with Gasteiger partial charge in [0, 0.05) is 45.3 Å². The van der Waals surface area contributed by atoms with Gasteiger partial charge in [0.15, 0.2) is 0 Å². The van der Waals surface area contributed by atoms with Crippen molar-refractivity contribution >= 4 is 0 Å². The summed E-state index contributed by atoms with van der Waals surface area (Å²) in [6.45, 7) is 11.1. The van der Waals surface area contributed by atoms with Gasteiger partial charge >= 0.3 is 0 Å². The number of hydrogen-bond acceptors (Lipinski definition) is 3. The van der Waals surface area contributed by atoms with Crippen LogP contribution < -0.4 is 5.73 Å². The summed E-state index contributed by atoms with van der Waals surface area (Å²) in [4.78, 5) is 5.08. The van der Waals surface area contributed by atoms with E-state index in [1.165, 1.54) is 32.6 Å². The van der Waals surface area contributed by atoms with E-state index in [1.54, 1.807) is 0 Å². The molecule has 1 saturated heterocycles. The smallest absolute Gasteiger partial charge is 0.0164 e. The predicted octanol–water partition coefficient (Wildman–Crippen LogP) is 0.917. The summed E-state index contributed by atoms with van der Waals surface area (Å²) in [6.07, 6.45) is 5.48. The Hall–Kier alpha value is -0.380. The van der Waals surface area contributed by atoms with Crippen LogP contribution in [0.2, 0.25) is 0 Å². The highest BCUT2D eigenvalue weighted by Crippen LogP contribution is 2.08. The maximum Gasteiger partial charge on any atom is 0.0164 e. The molecule has 0 radical (unpaired) electrons. The van der Waals surface area contributed by atoms with Crippen LogP contribution in [-0.2, 0) is 0 Å². The zero-order valence-electron chi connectivity index (χ0n) is 10.2. The molecule has 1 aliphatic heterocycles. The van der Waals surface area contributed by atoms with E-state index in [0.29, 0.717) is 6.54 Å². The first-order valence-electron chi connectivity index (χ1n) is 6.09. The summed E-state index contributed by atoms with van der Waals surface area (Å²) in [5, 5.41) is 0. The van der Waals surface area contributed by atoms with Crippen molar-refractivity contribution in [2.75, 3.05) is 39.3 Å². The first kappa shape index (κ1) is 12.7. The molecule has 1 unspecified atom stereocenters. The van der Waals surface area contributed by atoms with Crippen molar-refractivity contribution in [2.24, 2.45) is 5.73 Å². The normalized spacial score (nSPS) is 22.3. The van der Waals surface area contributed by atoms with Crippen molar-refractivity contribution in [3.63, 3.8) is 0 Å². The molecule has 0 spiro atoms. The molecule has 88 valence electrons. The van der Waals surface area contributed by atoms with Gasteiger partial charge in [-0.15, -0.1) is 0 Å². The molecule has 0 aliphatic carbocycles. The topological polar surface area (TPSA) is 32.5 Å². The van der Waals surface area contributed by atoms with E-state index in [1.807, 2.05) is 6.08 Å². The van der Waals surface area contributed by atoms with Crippen LogP contribution in [-0.4, -0.2) is 55.1 Å². The summed E-state index contributed by atoms with van der Waals surface area (Å²) in [6, 6.07) is 0.742. The lowest BCUT2D eigenvalue weighted by Crippen LogP contribution is -2.49. The summed E-state index contributed by atoms with van der Waals surface area (Å²) in [7, 11) is 0. The van der Waals surface area contributed by atoms with Crippen molar-refractivity contribution in [3.05, 3.63) is 12.2 Å². The summed E-state index contributed by atoms with van der Waals surface area (Å²) in [5.74, 6) is 0. The molecule has 3 heteroatoms. The van der Waals surface area contributed by atoms with Gasteiger partial charge < -0.3 is 5.73 Å². The molecular formula is C12H25N3. The van der Waals surface area contributed by atoms with Gasteiger partial charge in [0.2, 0.25) is 0 Å². The molecular weight excluding hydrogens is 186 g/mol. The largest absolute Gasteiger partial charge is 0.327 e. The van der Waals surface area contributed by atoms with Crippen molar-refractivity contribution in [1.82, 2.24) is 9.80 Å². The van der Waals surface area contributed by atoms with E-state index in [4.69, 9.17) is 5.73 Å². The maximum atomic E-state index is 5.41. The average Bonchev–Trinajstić information content (AvgIpc) is 2.29. The Morgan fingerprint density at radius 3 is 2.40 bits per heavy atom. The minimum atomic E-state index is 0.660. The Bertz CT molecular complexity index is 183. The lowest BCUT2D eigenvalue weighted by molar-refractivity contribution is 0.108. The zero-order chi connectivity index (χ0) is 11.1. The van der Waals surface area contributed by atoms with Crippen LogP contribution in [0.4, 0.5) is 0 Å². The lowest BCUT2D eigenvalue weighted by Gasteiger charge is -2.37. The monoisotopic (exact) mass is 211 g/mol. The van der Waals surface area contributed by atoms with Gasteiger partial charge in [-0.3, -0.25) is 9.80 Å². The third kappa shape index (κ3) is 4.33. The number of nitrogens with zero attached hydrogens (tertiary/aromatic N) is 2. The molecule has 3 nitrogen and oxygen atoms in total. The molecule has 1 rings (SSSR count). The highest BCUT2D eigenvalue weighted by molar-refractivity contribution is 4.87. The van der Waals surface area contributed by atoms with Crippen LogP contribution in [0.15, 0.2) is 12.2 Å². The Kier molecular flexibility index (Phi) is 5.91. The molecule has 0 aromatic heterocycles. The molecule has 0 aromatic rings. The second-order valence-electron chi connectivity index (χ2n) is 4.30. The van der Waals surface area contributed by atoms with Crippen molar-refractivity contribution in [1.29, 1.82) is 0 Å². The van der Waals surface area contributed by atoms with E-state index in [0.717, 1.165) is 12.6 Å². The van der Waals surface area contributed by atoms with Gasteiger partial charge in [-0.05, 0) is 13.3 Å². The second kappa shape index (κ2) is 6.99. The van der Waals surface area contributed by atoms with Gasteiger partial charge in [0.05, 0.1) is 0 Å². The van der Waals surface area contributed by atoms with Crippen molar-refractivity contribution in [3.8, 4) is 0 Å². The fraction of sp³-hybridized carbons (Fsp3) is 0.833. The standard InChI is InChI=1S/C12H25N3/c1-3-12(2)15-10-8-14(9-11-15)7-5-4-6-13/h4-5,12H,3,6-11,13H2,1-2H3.